The molecule has 3 rings (SSSR count). The van der Waals surface area contributed by atoms with Crippen LogP contribution in [-0.2, 0) is 17.6 Å². The predicted octanol–water partition coefficient (Wildman–Crippen LogP) is 3.82. The Kier molecular flexibility index (Phi) is 3.90. The molecule has 1 aliphatic heterocycles. The Balaban J connectivity index is 1.94. The number of allylic oxidation sites excluding steroid dienone is 1. The Morgan fingerprint density at radius 2 is 1.86 bits per heavy atom. The maximum atomic E-state index is 10.2. The number of benzene rings is 2. The minimum absolute atomic E-state index is 0.240. The van der Waals surface area contributed by atoms with Crippen LogP contribution in [0.25, 0.3) is 11.1 Å². The summed E-state index contributed by atoms with van der Waals surface area (Å²) in [5.41, 5.74) is 3.60. The fourth-order valence-corrected chi connectivity index (χ4v) is 2.69. The lowest BCUT2D eigenvalue weighted by molar-refractivity contribution is 0.378. The molecule has 1 unspecified atom stereocenters. The van der Waals surface area contributed by atoms with Gasteiger partial charge in [0.05, 0.1) is 12.2 Å². The molecule has 22 heavy (non-hydrogen) atoms. The van der Waals surface area contributed by atoms with Crippen molar-refractivity contribution in [2.24, 2.45) is 0 Å². The van der Waals surface area contributed by atoms with E-state index < -0.39 is 0 Å². The van der Waals surface area contributed by atoms with E-state index in [9.17, 15) is 10.2 Å². The second-order valence-electron chi connectivity index (χ2n) is 5.77. The van der Waals surface area contributed by atoms with Crippen molar-refractivity contribution < 1.29 is 14.9 Å². The minimum Gasteiger partial charge on any atom is -0.508 e. The highest BCUT2D eigenvalue weighted by Crippen LogP contribution is 2.34. The number of rotatable bonds is 5. The van der Waals surface area contributed by atoms with E-state index in [0.29, 0.717) is 12.5 Å². The Morgan fingerprint density at radius 3 is 2.55 bits per heavy atom. The molecule has 2 aromatic rings. The third-order valence-corrected chi connectivity index (χ3v) is 4.09. The number of hydrogen-bond acceptors (Lipinski definition) is 3. The third-order valence-electron chi connectivity index (χ3n) is 4.09. The largest absolute Gasteiger partial charge is 0.508 e. The molecule has 2 N–H and O–H groups in total. The van der Waals surface area contributed by atoms with Crippen molar-refractivity contribution in [3.8, 4) is 22.6 Å². The molecule has 2 aromatic carbocycles. The maximum Gasteiger partial charge on any atom is 0.123 e. The summed E-state index contributed by atoms with van der Waals surface area (Å²) in [6.45, 7) is 5.77. The van der Waals surface area contributed by atoms with Gasteiger partial charge in [-0.2, -0.15) is 0 Å². The van der Waals surface area contributed by atoms with Crippen LogP contribution >= 0.6 is 0 Å². The molecular weight excluding hydrogens is 276 g/mol. The summed E-state index contributed by atoms with van der Waals surface area (Å²) in [5, 5.41) is 20.0. The molecule has 0 radical (unpaired) electrons. The molecule has 0 aliphatic carbocycles. The Morgan fingerprint density at radius 1 is 1.14 bits per heavy atom. The molecule has 2 atom stereocenters. The van der Waals surface area contributed by atoms with Gasteiger partial charge in [0.15, 0.2) is 0 Å². The molecule has 0 bridgehead atoms. The van der Waals surface area contributed by atoms with E-state index in [4.69, 9.17) is 4.74 Å². The van der Waals surface area contributed by atoms with Crippen molar-refractivity contribution in [3.63, 3.8) is 0 Å². The van der Waals surface area contributed by atoms with Crippen molar-refractivity contribution in [2.45, 2.75) is 32.0 Å². The van der Waals surface area contributed by atoms with Gasteiger partial charge >= 0.3 is 0 Å². The van der Waals surface area contributed by atoms with E-state index in [0.717, 1.165) is 28.7 Å². The van der Waals surface area contributed by atoms with Gasteiger partial charge in [0, 0.05) is 12.0 Å². The van der Waals surface area contributed by atoms with Crippen LogP contribution < -0.4 is 0 Å². The van der Waals surface area contributed by atoms with Crippen LogP contribution in [0.2, 0.25) is 0 Å². The third kappa shape index (κ3) is 3.00. The van der Waals surface area contributed by atoms with E-state index in [1.165, 1.54) is 0 Å². The molecule has 3 nitrogen and oxygen atoms in total. The summed E-state index contributed by atoms with van der Waals surface area (Å²) >= 11 is 0. The van der Waals surface area contributed by atoms with Crippen LogP contribution in [0.1, 0.15) is 18.1 Å². The van der Waals surface area contributed by atoms with E-state index in [2.05, 4.69) is 13.5 Å². The minimum atomic E-state index is 0.240. The lowest BCUT2D eigenvalue weighted by Crippen LogP contribution is -1.96. The molecule has 3 heteroatoms. The van der Waals surface area contributed by atoms with Crippen LogP contribution in [0.4, 0.5) is 0 Å². The number of aromatic hydroxyl groups is 2. The van der Waals surface area contributed by atoms with Gasteiger partial charge in [-0.25, -0.2) is 0 Å². The molecule has 0 spiro atoms. The van der Waals surface area contributed by atoms with Gasteiger partial charge < -0.3 is 14.9 Å². The van der Waals surface area contributed by atoms with Gasteiger partial charge in [-0.3, -0.25) is 0 Å². The number of phenols is 2. The molecule has 1 heterocycles. The summed E-state index contributed by atoms with van der Waals surface area (Å²) in [6.07, 6.45) is 3.80. The van der Waals surface area contributed by atoms with Crippen molar-refractivity contribution in [3.05, 3.63) is 60.2 Å². The summed E-state index contributed by atoms with van der Waals surface area (Å²) in [7, 11) is 0. The highest BCUT2D eigenvalue weighted by Gasteiger charge is 2.33. The van der Waals surface area contributed by atoms with Gasteiger partial charge in [-0.05, 0) is 54.3 Å². The number of epoxide rings is 1. The average Bonchev–Trinajstić information content (AvgIpc) is 3.19. The lowest BCUT2D eigenvalue weighted by Gasteiger charge is -2.10. The molecule has 114 valence electrons. The first-order valence-corrected chi connectivity index (χ1v) is 7.49. The normalized spacial score (nSPS) is 19.9. The second kappa shape index (κ2) is 5.85. The molecule has 0 saturated carbocycles. The molecular formula is C19H20O3. The Bertz CT molecular complexity index is 706. The standard InChI is InChI=1S/C19H20O3/c1-3-4-15-11-14(6-8-17(15)20)16-9-13(5-7-18(16)21)10-19-12(2)22-19/h3,5-9,11-12,19-21H,1,4,10H2,2H3/t12?,19-/m0/s1. The fraction of sp³-hybridized carbons (Fsp3) is 0.263. The van der Waals surface area contributed by atoms with E-state index in [-0.39, 0.29) is 17.6 Å². The summed E-state index contributed by atoms with van der Waals surface area (Å²) < 4.78 is 5.46. The van der Waals surface area contributed by atoms with Crippen molar-refractivity contribution in [2.75, 3.05) is 0 Å². The maximum absolute atomic E-state index is 10.2. The van der Waals surface area contributed by atoms with Crippen LogP contribution in [0.15, 0.2) is 49.1 Å². The summed E-state index contributed by atoms with van der Waals surface area (Å²) in [5.74, 6) is 0.489. The zero-order valence-corrected chi connectivity index (χ0v) is 12.6. The van der Waals surface area contributed by atoms with Gasteiger partial charge in [0.25, 0.3) is 0 Å². The summed E-state index contributed by atoms with van der Waals surface area (Å²) in [6, 6.07) is 11.0. The van der Waals surface area contributed by atoms with Gasteiger partial charge in [-0.1, -0.05) is 18.2 Å². The topological polar surface area (TPSA) is 53.0 Å². The smallest absolute Gasteiger partial charge is 0.123 e. The van der Waals surface area contributed by atoms with Crippen molar-refractivity contribution >= 4 is 0 Å². The first-order chi connectivity index (χ1) is 10.6. The lowest BCUT2D eigenvalue weighted by atomic mass is 9.97. The molecule has 0 amide bonds. The fourth-order valence-electron chi connectivity index (χ4n) is 2.69. The zero-order valence-electron chi connectivity index (χ0n) is 12.6. The van der Waals surface area contributed by atoms with Crippen LogP contribution in [-0.4, -0.2) is 22.4 Å². The highest BCUT2D eigenvalue weighted by atomic mass is 16.6. The monoisotopic (exact) mass is 296 g/mol. The molecule has 1 saturated heterocycles. The molecule has 1 aliphatic rings. The second-order valence-corrected chi connectivity index (χ2v) is 5.77. The quantitative estimate of drug-likeness (QED) is 0.651. The predicted molar refractivity (Wildman–Crippen MR) is 87.1 cm³/mol. The van der Waals surface area contributed by atoms with Crippen molar-refractivity contribution in [1.82, 2.24) is 0 Å². The van der Waals surface area contributed by atoms with E-state index in [1.54, 1.807) is 18.2 Å². The van der Waals surface area contributed by atoms with Crippen LogP contribution in [0.5, 0.6) is 11.5 Å². The van der Waals surface area contributed by atoms with Gasteiger partial charge in [-0.15, -0.1) is 6.58 Å². The Hall–Kier alpha value is -2.26. The Labute approximate surface area is 130 Å². The number of ether oxygens (including phenoxy) is 1. The number of phenolic OH excluding ortho intramolecular Hbond substituents is 2. The van der Waals surface area contributed by atoms with Gasteiger partial charge in [0.1, 0.15) is 11.5 Å². The van der Waals surface area contributed by atoms with E-state index >= 15 is 0 Å². The first kappa shape index (κ1) is 14.7. The van der Waals surface area contributed by atoms with Crippen LogP contribution in [0.3, 0.4) is 0 Å². The average molecular weight is 296 g/mol. The SMILES string of the molecule is C=CCc1cc(-c2cc(C[C@@H]3OC3C)ccc2O)ccc1O. The van der Waals surface area contributed by atoms with Crippen LogP contribution in [0, 0.1) is 0 Å². The highest BCUT2D eigenvalue weighted by molar-refractivity contribution is 5.72. The molecule has 1 fully saturated rings. The first-order valence-electron chi connectivity index (χ1n) is 7.49. The zero-order chi connectivity index (χ0) is 15.7. The summed E-state index contributed by atoms with van der Waals surface area (Å²) in [4.78, 5) is 0. The van der Waals surface area contributed by atoms with E-state index in [1.807, 2.05) is 24.3 Å². The molecule has 0 aromatic heterocycles. The number of hydrogen-bond donors (Lipinski definition) is 2. The van der Waals surface area contributed by atoms with Crippen molar-refractivity contribution in [1.29, 1.82) is 0 Å². The van der Waals surface area contributed by atoms with Gasteiger partial charge in [0.2, 0.25) is 0 Å².